The fourth-order valence-corrected chi connectivity index (χ4v) is 7.22. The number of phosphoric acid groups is 1. The van der Waals surface area contributed by atoms with Gasteiger partial charge in [0, 0.05) is 25.2 Å². The lowest BCUT2D eigenvalue weighted by Gasteiger charge is -2.24. The maximum absolute atomic E-state index is 12.8. The lowest BCUT2D eigenvalue weighted by atomic mass is 9.89. The van der Waals surface area contributed by atoms with Crippen molar-refractivity contribution in [1.82, 2.24) is 0 Å². The van der Waals surface area contributed by atoms with Crippen molar-refractivity contribution in [1.29, 1.82) is 0 Å². The Morgan fingerprint density at radius 1 is 0.746 bits per heavy atom. The first-order chi connectivity index (χ1) is 28.2. The van der Waals surface area contributed by atoms with Gasteiger partial charge in [0.05, 0.1) is 46.1 Å². The molecule has 0 saturated heterocycles. The second kappa shape index (κ2) is 33.2. The summed E-state index contributed by atoms with van der Waals surface area (Å²) in [7, 11) is 1.30. The fourth-order valence-electron chi connectivity index (χ4n) is 6.48. The van der Waals surface area contributed by atoms with Crippen molar-refractivity contribution >= 4 is 19.8 Å². The number of aliphatic hydroxyl groups excluding tert-OH is 3. The van der Waals surface area contributed by atoms with E-state index < -0.39 is 50.8 Å². The Balaban J connectivity index is 2.56. The smallest absolute Gasteiger partial charge is 0.462 e. The summed E-state index contributed by atoms with van der Waals surface area (Å²) < 4.78 is 34.2. The van der Waals surface area contributed by atoms with Gasteiger partial charge in [-0.3, -0.25) is 18.6 Å². The Labute approximate surface area is 356 Å². The van der Waals surface area contributed by atoms with E-state index in [1.807, 2.05) is 39.4 Å². The van der Waals surface area contributed by atoms with Gasteiger partial charge in [-0.2, -0.15) is 0 Å². The van der Waals surface area contributed by atoms with E-state index in [2.05, 4.69) is 50.3 Å². The largest absolute Gasteiger partial charge is 0.472 e. The van der Waals surface area contributed by atoms with Crippen molar-refractivity contribution in [3.63, 3.8) is 0 Å². The Hall–Kier alpha value is -2.41. The number of likely N-dealkylation sites (N-methyl/N-ethyl adjacent to an activating group) is 1. The average molecular weight is 855 g/mol. The number of phosphoric ester groups is 1. The molecule has 59 heavy (non-hydrogen) atoms. The van der Waals surface area contributed by atoms with Gasteiger partial charge in [-0.15, -0.1) is 0 Å². The van der Waals surface area contributed by atoms with Gasteiger partial charge >= 0.3 is 19.8 Å². The molecular formula is C46H81NO11P+. The van der Waals surface area contributed by atoms with Crippen molar-refractivity contribution in [2.75, 3.05) is 47.5 Å². The number of hydrogen-bond acceptors (Lipinski definition) is 10. The summed E-state index contributed by atoms with van der Waals surface area (Å²) in [6, 6.07) is 0. The third kappa shape index (κ3) is 30.3. The Morgan fingerprint density at radius 2 is 1.34 bits per heavy atom. The Bertz CT molecular complexity index is 1310. The standard InChI is InChI=1S/C46H80NO11P/c1-6-8-10-11-12-13-14-15-16-17-18-19-20-21-26-30-45(51)55-37-40(38-57-59(53,54)56-35-34-47(3,4)5)58-46(52)31-27-23-22-25-29-41-42(44(50)36-43(41)49)33-32-39(48)28-24-9-7-2/h12-13,15-16,18-19,22,25,32-33,39-44,48-50H,6-11,14,17,20-21,23-24,26-31,34-38H2,1-5H3/p+1/b13-12-,16-15-,19-18-,25-22+,33-32+/t39-,40+,41+,42+,43-,44+/m0/s1. The molecule has 0 aromatic heterocycles. The van der Waals surface area contributed by atoms with Gasteiger partial charge in [0.1, 0.15) is 19.8 Å². The first kappa shape index (κ1) is 54.6. The zero-order valence-electron chi connectivity index (χ0n) is 37.0. The van der Waals surface area contributed by atoms with Crippen molar-refractivity contribution in [2.24, 2.45) is 11.8 Å². The highest BCUT2D eigenvalue weighted by Crippen LogP contribution is 2.43. The number of unbranched alkanes of at least 4 members (excludes halogenated alkanes) is 8. The fraction of sp³-hybridized carbons (Fsp3) is 0.739. The molecule has 7 atom stereocenters. The summed E-state index contributed by atoms with van der Waals surface area (Å²) in [4.78, 5) is 35.5. The van der Waals surface area contributed by atoms with Crippen LogP contribution in [0.25, 0.3) is 0 Å². The van der Waals surface area contributed by atoms with Crippen LogP contribution in [0, 0.1) is 11.8 Å². The molecule has 0 aliphatic heterocycles. The Morgan fingerprint density at radius 3 is 2.00 bits per heavy atom. The summed E-state index contributed by atoms with van der Waals surface area (Å²) in [6.45, 7) is 3.94. The molecule has 4 N–H and O–H groups in total. The minimum Gasteiger partial charge on any atom is -0.462 e. The highest BCUT2D eigenvalue weighted by Gasteiger charge is 2.39. The van der Waals surface area contributed by atoms with Gasteiger partial charge in [0.15, 0.2) is 6.10 Å². The van der Waals surface area contributed by atoms with Crippen LogP contribution in [0.3, 0.4) is 0 Å². The zero-order valence-corrected chi connectivity index (χ0v) is 37.9. The average Bonchev–Trinajstić information content (AvgIpc) is 3.44. The van der Waals surface area contributed by atoms with E-state index >= 15 is 0 Å². The molecule has 13 heteroatoms. The SMILES string of the molecule is CCCCC/C=C\C/C=C\C/C=C\CCCCC(=O)OC[C@H](COP(=O)(O)OCC[N+](C)(C)C)OC(=O)CCC/C=C/C[C@@H]1[C@@H](/C=C/[C@@H](O)CCCCC)[C@H](O)C[C@@H]1O. The number of aliphatic hydroxyl groups is 3. The first-order valence-corrected chi connectivity index (χ1v) is 23.8. The van der Waals surface area contributed by atoms with Crippen LogP contribution in [-0.4, -0.2) is 109 Å². The number of esters is 2. The topological polar surface area (TPSA) is 169 Å². The summed E-state index contributed by atoms with van der Waals surface area (Å²) in [5.74, 6) is -1.47. The molecule has 0 amide bonds. The number of allylic oxidation sites excluding steroid dienone is 8. The molecule has 0 radical (unpaired) electrons. The van der Waals surface area contributed by atoms with Crippen LogP contribution < -0.4 is 0 Å². The van der Waals surface area contributed by atoms with Crippen LogP contribution in [0.4, 0.5) is 0 Å². The van der Waals surface area contributed by atoms with Crippen molar-refractivity contribution < 1.29 is 57.4 Å². The molecular weight excluding hydrogens is 773 g/mol. The summed E-state index contributed by atoms with van der Waals surface area (Å²) in [6.07, 6.45) is 32.3. The number of rotatable bonds is 35. The van der Waals surface area contributed by atoms with Crippen LogP contribution in [0.15, 0.2) is 60.8 Å². The molecule has 1 aliphatic carbocycles. The van der Waals surface area contributed by atoms with E-state index in [0.717, 1.165) is 51.4 Å². The number of quaternary nitrogens is 1. The highest BCUT2D eigenvalue weighted by atomic mass is 31.2. The van der Waals surface area contributed by atoms with Gasteiger partial charge in [-0.25, -0.2) is 4.57 Å². The Kier molecular flexibility index (Phi) is 30.8. The van der Waals surface area contributed by atoms with E-state index in [1.54, 1.807) is 6.08 Å². The predicted molar refractivity (Wildman–Crippen MR) is 235 cm³/mol. The molecule has 0 aromatic rings. The van der Waals surface area contributed by atoms with Gasteiger partial charge in [0.25, 0.3) is 0 Å². The maximum atomic E-state index is 12.8. The minimum absolute atomic E-state index is 0.0210. The molecule has 340 valence electrons. The second-order valence-electron chi connectivity index (χ2n) is 16.7. The zero-order chi connectivity index (χ0) is 43.8. The molecule has 12 nitrogen and oxygen atoms in total. The van der Waals surface area contributed by atoms with Gasteiger partial charge in [-0.05, 0) is 76.5 Å². The third-order valence-corrected chi connectivity index (χ3v) is 11.1. The van der Waals surface area contributed by atoms with E-state index in [1.165, 1.54) is 19.3 Å². The lowest BCUT2D eigenvalue weighted by molar-refractivity contribution is -0.870. The quantitative estimate of drug-likeness (QED) is 0.0158. The molecule has 1 saturated carbocycles. The molecule has 0 bridgehead atoms. The van der Waals surface area contributed by atoms with Crippen molar-refractivity contribution in [2.45, 2.75) is 160 Å². The lowest BCUT2D eigenvalue weighted by Crippen LogP contribution is -2.37. The predicted octanol–water partition coefficient (Wildman–Crippen LogP) is 8.84. The van der Waals surface area contributed by atoms with Crippen LogP contribution >= 0.6 is 7.82 Å². The van der Waals surface area contributed by atoms with Crippen LogP contribution in [0.1, 0.15) is 136 Å². The maximum Gasteiger partial charge on any atom is 0.472 e. The molecule has 0 spiro atoms. The molecule has 1 unspecified atom stereocenters. The first-order valence-electron chi connectivity index (χ1n) is 22.3. The summed E-state index contributed by atoms with van der Waals surface area (Å²) in [5.41, 5.74) is 0. The minimum atomic E-state index is -4.46. The van der Waals surface area contributed by atoms with Crippen molar-refractivity contribution in [3.05, 3.63) is 60.8 Å². The monoisotopic (exact) mass is 855 g/mol. The molecule has 0 aromatic carbocycles. The summed E-state index contributed by atoms with van der Waals surface area (Å²) >= 11 is 0. The normalized spacial score (nSPS) is 21.0. The summed E-state index contributed by atoms with van der Waals surface area (Å²) in [5, 5.41) is 31.4. The number of carbonyl (C=O) groups is 2. The van der Waals surface area contributed by atoms with Gasteiger partial charge in [-0.1, -0.05) is 107 Å². The molecule has 1 aliphatic rings. The van der Waals surface area contributed by atoms with Crippen LogP contribution in [-0.2, 0) is 32.7 Å². The number of nitrogens with zero attached hydrogens (tertiary/aromatic N) is 1. The molecule has 1 fully saturated rings. The van der Waals surface area contributed by atoms with E-state index in [-0.39, 0.29) is 44.3 Å². The number of carbonyl (C=O) groups excluding carboxylic acids is 2. The number of ether oxygens (including phenoxy) is 2. The molecule has 1 rings (SSSR count). The van der Waals surface area contributed by atoms with Gasteiger partial charge in [0.2, 0.25) is 0 Å². The van der Waals surface area contributed by atoms with E-state index in [0.29, 0.717) is 43.1 Å². The number of hydrogen-bond donors (Lipinski definition) is 4. The second-order valence-corrected chi connectivity index (χ2v) is 18.1. The van der Waals surface area contributed by atoms with E-state index in [4.69, 9.17) is 18.5 Å². The third-order valence-electron chi connectivity index (χ3n) is 10.1. The van der Waals surface area contributed by atoms with Gasteiger partial charge < -0.3 is 34.2 Å². The van der Waals surface area contributed by atoms with Crippen molar-refractivity contribution in [3.8, 4) is 0 Å². The molecule has 0 heterocycles. The van der Waals surface area contributed by atoms with E-state index in [9.17, 15) is 34.4 Å². The van der Waals surface area contributed by atoms with Crippen LogP contribution in [0.2, 0.25) is 0 Å². The van der Waals surface area contributed by atoms with Crippen LogP contribution in [0.5, 0.6) is 0 Å². The highest BCUT2D eigenvalue weighted by molar-refractivity contribution is 7.47.